The number of sulfonamides is 1. The number of halogens is 1. The third-order valence-corrected chi connectivity index (χ3v) is 8.84. The third-order valence-electron chi connectivity index (χ3n) is 5.88. The van der Waals surface area contributed by atoms with Gasteiger partial charge >= 0.3 is 0 Å². The van der Waals surface area contributed by atoms with Crippen LogP contribution in [-0.4, -0.2) is 103 Å². The summed E-state index contributed by atoms with van der Waals surface area (Å²) in [5.74, 6) is 0.396. The first kappa shape index (κ1) is 32.9. The summed E-state index contributed by atoms with van der Waals surface area (Å²) in [5, 5.41) is 0.565. The fraction of sp³-hybridized carbons (Fsp3) is 0.462. The van der Waals surface area contributed by atoms with Crippen molar-refractivity contribution in [1.82, 2.24) is 14.2 Å². The number of methoxy groups -OCH3 is 3. The Balaban J connectivity index is 0.00000533. The Morgan fingerprint density at radius 1 is 0.923 bits per heavy atom. The molecule has 0 saturated carbocycles. The van der Waals surface area contributed by atoms with Crippen molar-refractivity contribution in [1.29, 1.82) is 0 Å². The highest BCUT2D eigenvalue weighted by Gasteiger charge is 2.26. The van der Waals surface area contributed by atoms with Crippen molar-refractivity contribution in [3.8, 4) is 5.75 Å². The van der Waals surface area contributed by atoms with Gasteiger partial charge < -0.3 is 19.1 Å². The SMILES string of the molecule is COCCN(CCOC)S(=O)(=O)c1ccc(C(=O)N(CCCN(C)C)c2nc3c(OC)cccc3s2)cc1.Cl. The summed E-state index contributed by atoms with van der Waals surface area (Å²) in [5.41, 5.74) is 1.08. The second-order valence-corrected chi connectivity index (χ2v) is 11.8. The van der Waals surface area contributed by atoms with Gasteiger partial charge in [-0.2, -0.15) is 4.31 Å². The van der Waals surface area contributed by atoms with Crippen molar-refractivity contribution in [3.63, 3.8) is 0 Å². The average Bonchev–Trinajstić information content (AvgIpc) is 3.34. The Bertz CT molecular complexity index is 1290. The minimum atomic E-state index is -3.79. The van der Waals surface area contributed by atoms with E-state index < -0.39 is 10.0 Å². The van der Waals surface area contributed by atoms with Gasteiger partial charge in [0.05, 0.1) is 29.9 Å². The first-order valence-electron chi connectivity index (χ1n) is 12.2. The number of amides is 1. The van der Waals surface area contributed by atoms with E-state index in [1.54, 1.807) is 24.1 Å². The minimum absolute atomic E-state index is 0. The van der Waals surface area contributed by atoms with Gasteiger partial charge in [0, 0.05) is 39.4 Å². The van der Waals surface area contributed by atoms with Gasteiger partial charge in [-0.25, -0.2) is 13.4 Å². The van der Waals surface area contributed by atoms with E-state index >= 15 is 0 Å². The molecule has 1 amide bonds. The van der Waals surface area contributed by atoms with Crippen molar-refractivity contribution in [2.75, 3.05) is 79.7 Å². The molecule has 0 aliphatic heterocycles. The molecule has 0 aliphatic rings. The molecule has 1 heterocycles. The summed E-state index contributed by atoms with van der Waals surface area (Å²) in [6, 6.07) is 11.7. The Kier molecular flexibility index (Phi) is 13.0. The molecule has 3 aromatic rings. The Morgan fingerprint density at radius 3 is 2.13 bits per heavy atom. The lowest BCUT2D eigenvalue weighted by Crippen LogP contribution is -2.36. The van der Waals surface area contributed by atoms with Crippen LogP contribution in [0.1, 0.15) is 16.8 Å². The number of nitrogens with zero attached hydrogens (tertiary/aromatic N) is 4. The van der Waals surface area contributed by atoms with Gasteiger partial charge in [0.2, 0.25) is 10.0 Å². The Labute approximate surface area is 240 Å². The number of carbonyl (C=O) groups excluding carboxylic acids is 1. The van der Waals surface area contributed by atoms with E-state index in [-0.39, 0.29) is 49.5 Å². The Hall–Kier alpha value is -2.32. The van der Waals surface area contributed by atoms with Crippen LogP contribution in [0.25, 0.3) is 10.2 Å². The van der Waals surface area contributed by atoms with Crippen LogP contribution in [0.3, 0.4) is 0 Å². The van der Waals surface area contributed by atoms with E-state index in [9.17, 15) is 13.2 Å². The number of rotatable bonds is 15. The van der Waals surface area contributed by atoms with Gasteiger partial charge in [-0.15, -0.1) is 12.4 Å². The van der Waals surface area contributed by atoms with Crippen LogP contribution in [0.5, 0.6) is 5.75 Å². The van der Waals surface area contributed by atoms with Crippen molar-refractivity contribution >= 4 is 55.0 Å². The molecule has 0 N–H and O–H groups in total. The van der Waals surface area contributed by atoms with Gasteiger partial charge in [0.25, 0.3) is 5.91 Å². The number of thiazole rings is 1. The van der Waals surface area contributed by atoms with Gasteiger partial charge in [-0.3, -0.25) is 9.69 Å². The summed E-state index contributed by atoms with van der Waals surface area (Å²) >= 11 is 1.42. The van der Waals surface area contributed by atoms with Crippen LogP contribution < -0.4 is 9.64 Å². The van der Waals surface area contributed by atoms with E-state index in [1.807, 2.05) is 32.3 Å². The molecule has 10 nitrogen and oxygen atoms in total. The van der Waals surface area contributed by atoms with E-state index in [0.717, 1.165) is 17.7 Å². The fourth-order valence-corrected chi connectivity index (χ4v) is 6.25. The standard InChI is InChI=1S/C26H36N4O6S2.ClH/c1-28(2)14-7-15-30(26-27-24-22(36-5)8-6-9-23(24)37-26)25(31)20-10-12-21(13-11-20)38(32,33)29(16-18-34-3)17-19-35-4;/h6,8-13H,7,14-19H2,1-5H3;1H. The summed E-state index contributed by atoms with van der Waals surface area (Å²) in [6.07, 6.45) is 0.742. The van der Waals surface area contributed by atoms with Crippen molar-refractivity contribution in [2.45, 2.75) is 11.3 Å². The molecule has 0 fully saturated rings. The van der Waals surface area contributed by atoms with Crippen LogP contribution in [0.4, 0.5) is 5.13 Å². The predicted molar refractivity (Wildman–Crippen MR) is 157 cm³/mol. The molecule has 0 radical (unpaired) electrons. The van der Waals surface area contributed by atoms with E-state index in [4.69, 9.17) is 19.2 Å². The lowest BCUT2D eigenvalue weighted by molar-refractivity contribution is 0.0986. The first-order valence-corrected chi connectivity index (χ1v) is 14.5. The maximum absolute atomic E-state index is 13.7. The summed E-state index contributed by atoms with van der Waals surface area (Å²) < 4.78 is 44.3. The van der Waals surface area contributed by atoms with E-state index in [0.29, 0.717) is 28.5 Å². The second kappa shape index (κ2) is 15.5. The number of anilines is 1. The predicted octanol–water partition coefficient (Wildman–Crippen LogP) is 3.61. The molecular weight excluding hydrogens is 564 g/mol. The molecule has 216 valence electrons. The minimum Gasteiger partial charge on any atom is -0.494 e. The molecule has 13 heteroatoms. The fourth-order valence-electron chi connectivity index (χ4n) is 3.83. The van der Waals surface area contributed by atoms with Gasteiger partial charge in [0.15, 0.2) is 5.13 Å². The molecule has 1 aromatic heterocycles. The van der Waals surface area contributed by atoms with Gasteiger partial charge in [0.1, 0.15) is 11.3 Å². The molecule has 0 spiro atoms. The molecule has 0 bridgehead atoms. The van der Waals surface area contributed by atoms with Crippen molar-refractivity contribution in [2.24, 2.45) is 0 Å². The molecule has 39 heavy (non-hydrogen) atoms. The number of hydrogen-bond acceptors (Lipinski definition) is 9. The number of aromatic nitrogens is 1. The topological polar surface area (TPSA) is 102 Å². The number of para-hydroxylation sites is 1. The largest absolute Gasteiger partial charge is 0.494 e. The maximum Gasteiger partial charge on any atom is 0.260 e. The van der Waals surface area contributed by atoms with Crippen LogP contribution >= 0.6 is 23.7 Å². The smallest absolute Gasteiger partial charge is 0.260 e. The number of ether oxygens (including phenoxy) is 3. The maximum atomic E-state index is 13.7. The van der Waals surface area contributed by atoms with Crippen LogP contribution in [0, 0.1) is 0 Å². The lowest BCUT2D eigenvalue weighted by Gasteiger charge is -2.22. The lowest BCUT2D eigenvalue weighted by atomic mass is 10.2. The van der Waals surface area contributed by atoms with Crippen molar-refractivity contribution in [3.05, 3.63) is 48.0 Å². The highest BCUT2D eigenvalue weighted by molar-refractivity contribution is 7.89. The quantitative estimate of drug-likeness (QED) is 0.261. The van der Waals surface area contributed by atoms with Crippen LogP contribution in [-0.2, 0) is 19.5 Å². The normalized spacial score (nSPS) is 11.7. The molecule has 0 atom stereocenters. The van der Waals surface area contributed by atoms with E-state index in [1.165, 1.54) is 42.0 Å². The number of hydrogen-bond donors (Lipinski definition) is 0. The summed E-state index contributed by atoms with van der Waals surface area (Å²) in [6.45, 7) is 2.17. The van der Waals surface area contributed by atoms with Gasteiger partial charge in [-0.05, 0) is 63.5 Å². The van der Waals surface area contributed by atoms with Crippen LogP contribution in [0.2, 0.25) is 0 Å². The molecule has 0 unspecified atom stereocenters. The zero-order chi connectivity index (χ0) is 27.7. The number of carbonyl (C=O) groups is 1. The number of benzene rings is 2. The zero-order valence-corrected chi connectivity index (χ0v) is 25.4. The highest BCUT2D eigenvalue weighted by Crippen LogP contribution is 2.34. The Morgan fingerprint density at radius 2 is 1.56 bits per heavy atom. The van der Waals surface area contributed by atoms with Crippen molar-refractivity contribution < 1.29 is 27.4 Å². The monoisotopic (exact) mass is 600 g/mol. The van der Waals surface area contributed by atoms with Gasteiger partial charge in [-0.1, -0.05) is 17.4 Å². The highest BCUT2D eigenvalue weighted by atomic mass is 35.5. The molecule has 3 rings (SSSR count). The molecule has 2 aromatic carbocycles. The zero-order valence-electron chi connectivity index (χ0n) is 23.0. The van der Waals surface area contributed by atoms with Crippen LogP contribution in [0.15, 0.2) is 47.4 Å². The number of fused-ring (bicyclic) bond motifs is 1. The van der Waals surface area contributed by atoms with E-state index in [2.05, 4.69) is 4.90 Å². The molecule has 0 aliphatic carbocycles. The molecular formula is C26H37ClN4O6S2. The first-order chi connectivity index (χ1) is 18.2. The second-order valence-electron chi connectivity index (χ2n) is 8.83. The molecule has 0 saturated heterocycles. The summed E-state index contributed by atoms with van der Waals surface area (Å²) in [7, 11) is 4.81. The summed E-state index contributed by atoms with van der Waals surface area (Å²) in [4.78, 5) is 22.2. The average molecular weight is 601 g/mol. The third kappa shape index (κ3) is 8.34.